The largest absolute Gasteiger partial charge is 0.480 e. The SMILES string of the molecule is COCCC(NC(=O)CSc1ccc(C)cc1)C(=O)O. The summed E-state index contributed by atoms with van der Waals surface area (Å²) >= 11 is 1.38. The van der Waals surface area contributed by atoms with Crippen LogP contribution < -0.4 is 5.32 Å². The minimum absolute atomic E-state index is 0.194. The highest BCUT2D eigenvalue weighted by atomic mass is 32.2. The number of benzene rings is 1. The molecule has 6 heteroatoms. The van der Waals surface area contributed by atoms with Gasteiger partial charge >= 0.3 is 5.97 Å². The van der Waals surface area contributed by atoms with E-state index in [0.717, 1.165) is 10.5 Å². The van der Waals surface area contributed by atoms with Crippen molar-refractivity contribution in [2.45, 2.75) is 24.3 Å². The number of methoxy groups -OCH3 is 1. The fraction of sp³-hybridized carbons (Fsp3) is 0.429. The lowest BCUT2D eigenvalue weighted by molar-refractivity contribution is -0.142. The van der Waals surface area contributed by atoms with Crippen molar-refractivity contribution in [2.75, 3.05) is 19.5 Å². The first kappa shape index (κ1) is 16.5. The van der Waals surface area contributed by atoms with Crippen molar-refractivity contribution in [1.82, 2.24) is 5.32 Å². The fourth-order valence-electron chi connectivity index (χ4n) is 1.51. The molecule has 0 spiro atoms. The molecule has 110 valence electrons. The lowest BCUT2D eigenvalue weighted by Crippen LogP contribution is -2.42. The molecule has 1 rings (SSSR count). The number of aryl methyl sites for hydroxylation is 1. The van der Waals surface area contributed by atoms with Crippen LogP contribution in [0.25, 0.3) is 0 Å². The van der Waals surface area contributed by atoms with Crippen LogP contribution in [0.4, 0.5) is 0 Å². The van der Waals surface area contributed by atoms with E-state index in [9.17, 15) is 9.59 Å². The van der Waals surface area contributed by atoms with Crippen LogP contribution in [-0.4, -0.2) is 42.5 Å². The van der Waals surface area contributed by atoms with Gasteiger partial charge in [-0.25, -0.2) is 4.79 Å². The summed E-state index contributed by atoms with van der Waals surface area (Å²) in [5.41, 5.74) is 1.16. The maximum atomic E-state index is 11.7. The van der Waals surface area contributed by atoms with Crippen molar-refractivity contribution in [3.63, 3.8) is 0 Å². The van der Waals surface area contributed by atoms with Gasteiger partial charge in [0.2, 0.25) is 5.91 Å². The van der Waals surface area contributed by atoms with Gasteiger partial charge in [-0.15, -0.1) is 11.8 Å². The van der Waals surface area contributed by atoms with Gasteiger partial charge in [0.1, 0.15) is 6.04 Å². The van der Waals surface area contributed by atoms with Crippen molar-refractivity contribution >= 4 is 23.6 Å². The molecule has 5 nitrogen and oxygen atoms in total. The first-order chi connectivity index (χ1) is 9.52. The van der Waals surface area contributed by atoms with Crippen LogP contribution in [0.3, 0.4) is 0 Å². The Morgan fingerprint density at radius 2 is 2.00 bits per heavy atom. The summed E-state index contributed by atoms with van der Waals surface area (Å²) < 4.78 is 4.82. The Bertz CT molecular complexity index is 447. The number of hydrogen-bond acceptors (Lipinski definition) is 4. The average molecular weight is 297 g/mol. The summed E-state index contributed by atoms with van der Waals surface area (Å²) in [7, 11) is 1.49. The second-order valence-electron chi connectivity index (χ2n) is 4.34. The number of rotatable bonds is 8. The maximum absolute atomic E-state index is 11.7. The molecule has 20 heavy (non-hydrogen) atoms. The van der Waals surface area contributed by atoms with E-state index in [1.54, 1.807) is 0 Å². The molecule has 0 bridgehead atoms. The van der Waals surface area contributed by atoms with Gasteiger partial charge in [0, 0.05) is 25.0 Å². The molecule has 0 radical (unpaired) electrons. The van der Waals surface area contributed by atoms with Crippen LogP contribution >= 0.6 is 11.8 Å². The molecule has 0 heterocycles. The monoisotopic (exact) mass is 297 g/mol. The van der Waals surface area contributed by atoms with Crippen LogP contribution in [0, 0.1) is 6.92 Å². The molecule has 1 aromatic rings. The molecule has 0 saturated heterocycles. The van der Waals surface area contributed by atoms with Gasteiger partial charge in [-0.2, -0.15) is 0 Å². The summed E-state index contributed by atoms with van der Waals surface area (Å²) in [6, 6.07) is 6.92. The molecule has 0 aliphatic carbocycles. The Hall–Kier alpha value is -1.53. The van der Waals surface area contributed by atoms with E-state index >= 15 is 0 Å². The molecule has 1 aromatic carbocycles. The lowest BCUT2D eigenvalue weighted by atomic mass is 10.2. The predicted octanol–water partition coefficient (Wildman–Crippen LogP) is 1.69. The molecular weight excluding hydrogens is 278 g/mol. The highest BCUT2D eigenvalue weighted by Gasteiger charge is 2.19. The van der Waals surface area contributed by atoms with E-state index in [2.05, 4.69) is 5.32 Å². The number of hydrogen-bond donors (Lipinski definition) is 2. The number of aliphatic carboxylic acids is 1. The zero-order chi connectivity index (χ0) is 15.0. The van der Waals surface area contributed by atoms with Crippen molar-refractivity contribution in [1.29, 1.82) is 0 Å². The summed E-state index contributed by atoms with van der Waals surface area (Å²) in [4.78, 5) is 23.7. The topological polar surface area (TPSA) is 75.6 Å². The fourth-order valence-corrected chi connectivity index (χ4v) is 2.22. The quantitative estimate of drug-likeness (QED) is 0.714. The zero-order valence-corrected chi connectivity index (χ0v) is 12.4. The first-order valence-corrected chi connectivity index (χ1v) is 7.22. The standard InChI is InChI=1S/C14H19NO4S/c1-10-3-5-11(6-4-10)20-9-13(16)15-12(14(17)18)7-8-19-2/h3-6,12H,7-9H2,1-2H3,(H,15,16)(H,17,18). The number of thioether (sulfide) groups is 1. The number of carboxylic acid groups (broad SMARTS) is 1. The van der Waals surface area contributed by atoms with E-state index in [4.69, 9.17) is 9.84 Å². The molecule has 0 aliphatic rings. The molecule has 0 aromatic heterocycles. The van der Waals surface area contributed by atoms with Crippen molar-refractivity contribution < 1.29 is 19.4 Å². The average Bonchev–Trinajstić information content (AvgIpc) is 2.42. The minimum atomic E-state index is -1.05. The van der Waals surface area contributed by atoms with E-state index in [0.29, 0.717) is 6.61 Å². The zero-order valence-electron chi connectivity index (χ0n) is 11.6. The number of carboxylic acids is 1. The molecule has 0 aliphatic heterocycles. The van der Waals surface area contributed by atoms with E-state index in [-0.39, 0.29) is 18.1 Å². The Morgan fingerprint density at radius 1 is 1.35 bits per heavy atom. The number of nitrogens with one attached hydrogen (secondary N) is 1. The van der Waals surface area contributed by atoms with Gasteiger partial charge in [-0.3, -0.25) is 4.79 Å². The van der Waals surface area contributed by atoms with E-state index in [1.165, 1.54) is 18.9 Å². The van der Waals surface area contributed by atoms with Crippen LogP contribution in [0.5, 0.6) is 0 Å². The summed E-state index contributed by atoms with van der Waals surface area (Å²) in [6.07, 6.45) is 0.257. The third-order valence-corrected chi connectivity index (χ3v) is 3.65. The Balaban J connectivity index is 2.41. The highest BCUT2D eigenvalue weighted by molar-refractivity contribution is 8.00. The highest BCUT2D eigenvalue weighted by Crippen LogP contribution is 2.17. The summed E-state index contributed by atoms with van der Waals surface area (Å²) in [5, 5.41) is 11.5. The second-order valence-corrected chi connectivity index (χ2v) is 5.39. The Morgan fingerprint density at radius 3 is 2.55 bits per heavy atom. The lowest BCUT2D eigenvalue weighted by Gasteiger charge is -2.13. The van der Waals surface area contributed by atoms with Crippen molar-refractivity contribution in [3.8, 4) is 0 Å². The summed E-state index contributed by atoms with van der Waals surface area (Å²) in [6.45, 7) is 2.29. The number of carbonyl (C=O) groups is 2. The molecular formula is C14H19NO4S. The van der Waals surface area contributed by atoms with E-state index < -0.39 is 12.0 Å². The van der Waals surface area contributed by atoms with Crippen molar-refractivity contribution in [2.24, 2.45) is 0 Å². The minimum Gasteiger partial charge on any atom is -0.480 e. The van der Waals surface area contributed by atoms with Gasteiger partial charge in [0.05, 0.1) is 5.75 Å². The Kier molecular flexibility index (Phi) is 7.11. The molecule has 0 saturated carbocycles. The number of amides is 1. The van der Waals surface area contributed by atoms with Crippen LogP contribution in [0.15, 0.2) is 29.2 Å². The second kappa shape index (κ2) is 8.60. The predicted molar refractivity (Wildman–Crippen MR) is 78.0 cm³/mol. The van der Waals surface area contributed by atoms with Crippen LogP contribution in [-0.2, 0) is 14.3 Å². The van der Waals surface area contributed by atoms with Gasteiger partial charge < -0.3 is 15.2 Å². The van der Waals surface area contributed by atoms with Crippen LogP contribution in [0.1, 0.15) is 12.0 Å². The van der Waals surface area contributed by atoms with Crippen molar-refractivity contribution in [3.05, 3.63) is 29.8 Å². The number of carbonyl (C=O) groups excluding carboxylic acids is 1. The maximum Gasteiger partial charge on any atom is 0.326 e. The van der Waals surface area contributed by atoms with Crippen LogP contribution in [0.2, 0.25) is 0 Å². The first-order valence-electron chi connectivity index (χ1n) is 6.23. The molecule has 0 fully saturated rings. The summed E-state index contributed by atoms with van der Waals surface area (Å²) in [5.74, 6) is -1.14. The number of ether oxygens (including phenoxy) is 1. The molecule has 1 unspecified atom stereocenters. The third-order valence-electron chi connectivity index (χ3n) is 2.63. The van der Waals surface area contributed by atoms with Gasteiger partial charge in [-0.1, -0.05) is 17.7 Å². The molecule has 1 atom stereocenters. The smallest absolute Gasteiger partial charge is 0.326 e. The third kappa shape index (κ3) is 6.08. The Labute approximate surface area is 122 Å². The molecule has 2 N–H and O–H groups in total. The van der Waals surface area contributed by atoms with Gasteiger partial charge in [0.15, 0.2) is 0 Å². The van der Waals surface area contributed by atoms with Gasteiger partial charge in [0.25, 0.3) is 0 Å². The normalized spacial score (nSPS) is 11.9. The molecule has 1 amide bonds. The van der Waals surface area contributed by atoms with E-state index in [1.807, 2.05) is 31.2 Å². The van der Waals surface area contributed by atoms with Gasteiger partial charge in [-0.05, 0) is 19.1 Å².